The maximum Gasteiger partial charge on any atom is 0.335 e. The highest BCUT2D eigenvalue weighted by Crippen LogP contribution is 2.62. The smallest absolute Gasteiger partial charge is 0.335 e. The van der Waals surface area contributed by atoms with E-state index in [4.69, 9.17) is 23.2 Å². The second-order valence-electron chi connectivity index (χ2n) is 12.1. The van der Waals surface area contributed by atoms with E-state index in [0.717, 1.165) is 25.7 Å². The van der Waals surface area contributed by atoms with Crippen molar-refractivity contribution in [3.05, 3.63) is 93.2 Å². The lowest BCUT2D eigenvalue weighted by atomic mass is 9.71. The number of carboxylic acids is 1. The van der Waals surface area contributed by atoms with Crippen molar-refractivity contribution < 1.29 is 23.9 Å². The highest BCUT2D eigenvalue weighted by Gasteiger charge is 2.71. The van der Waals surface area contributed by atoms with Gasteiger partial charge in [-0.15, -0.1) is 0 Å². The van der Waals surface area contributed by atoms with Crippen LogP contribution in [0.25, 0.3) is 0 Å². The van der Waals surface area contributed by atoms with Gasteiger partial charge in [0.25, 0.3) is 0 Å². The van der Waals surface area contributed by atoms with Crippen molar-refractivity contribution in [3.8, 4) is 0 Å². The molecule has 2 N–H and O–H groups in total. The summed E-state index contributed by atoms with van der Waals surface area (Å²) >= 11 is 12.7. The van der Waals surface area contributed by atoms with Gasteiger partial charge in [0, 0.05) is 47.0 Å². The third-order valence-corrected chi connectivity index (χ3v) is 10.4. The van der Waals surface area contributed by atoms with E-state index in [9.17, 15) is 19.5 Å². The quantitative estimate of drug-likeness (QED) is 0.331. The van der Waals surface area contributed by atoms with E-state index in [1.165, 1.54) is 24.6 Å². The average molecular weight is 623 g/mol. The van der Waals surface area contributed by atoms with E-state index in [1.807, 2.05) is 6.07 Å². The van der Waals surface area contributed by atoms with Gasteiger partial charge < -0.3 is 15.3 Å². The van der Waals surface area contributed by atoms with Gasteiger partial charge >= 0.3 is 5.97 Å². The molecule has 7 rings (SSSR count). The number of fused-ring (bicyclic) bond motifs is 3. The van der Waals surface area contributed by atoms with Crippen LogP contribution in [-0.4, -0.2) is 46.9 Å². The fourth-order valence-corrected chi connectivity index (χ4v) is 8.46. The standard InChI is InChI=1S/C33H30Cl2FN3O4/c34-20-11-14-23-25(15-20)37-32(43)33(23)28(22-7-4-8-24(35)29(22)36)27-26(39(33)16-18-5-2-1-3-6-18)17-38(30(27)40)21-12-9-19(10-13-21)31(41)42/h4,7-15,18,26-28H,1-3,5-6,16-17H2,(H,37,43)(H,41,42)/t26-,27+,28-,33+/m1/s1. The lowest BCUT2D eigenvalue weighted by Gasteiger charge is -2.43. The Morgan fingerprint density at radius 1 is 1.02 bits per heavy atom. The minimum Gasteiger partial charge on any atom is -0.478 e. The number of anilines is 2. The van der Waals surface area contributed by atoms with Crippen LogP contribution in [0.3, 0.4) is 0 Å². The molecule has 2 saturated heterocycles. The predicted molar refractivity (Wildman–Crippen MR) is 162 cm³/mol. The molecule has 1 aliphatic carbocycles. The number of benzene rings is 3. The molecule has 4 aliphatic rings. The summed E-state index contributed by atoms with van der Waals surface area (Å²) in [6.45, 7) is 0.855. The number of halogens is 3. The Labute approximate surface area is 258 Å². The molecule has 3 aromatic rings. The van der Waals surface area contributed by atoms with Crippen LogP contribution in [0.5, 0.6) is 0 Å². The van der Waals surface area contributed by atoms with Gasteiger partial charge in [-0.1, -0.05) is 60.7 Å². The van der Waals surface area contributed by atoms with Crippen molar-refractivity contribution in [2.45, 2.75) is 49.6 Å². The molecule has 3 aliphatic heterocycles. The fourth-order valence-electron chi connectivity index (χ4n) is 8.10. The Morgan fingerprint density at radius 3 is 2.49 bits per heavy atom. The lowest BCUT2D eigenvalue weighted by molar-refractivity contribution is -0.128. The van der Waals surface area contributed by atoms with Crippen molar-refractivity contribution in [1.29, 1.82) is 0 Å². The van der Waals surface area contributed by atoms with Crippen molar-refractivity contribution in [3.63, 3.8) is 0 Å². The zero-order valence-electron chi connectivity index (χ0n) is 23.2. The number of nitrogens with zero attached hydrogens (tertiary/aromatic N) is 2. The number of carbonyl (C=O) groups is 3. The molecule has 0 bridgehead atoms. The molecule has 7 nitrogen and oxygen atoms in total. The topological polar surface area (TPSA) is 90.0 Å². The van der Waals surface area contributed by atoms with Crippen LogP contribution < -0.4 is 10.2 Å². The third-order valence-electron chi connectivity index (χ3n) is 9.91. The maximum absolute atomic E-state index is 16.1. The molecule has 3 fully saturated rings. The van der Waals surface area contributed by atoms with Crippen molar-refractivity contribution in [2.24, 2.45) is 11.8 Å². The van der Waals surface area contributed by atoms with Crippen LogP contribution in [0.4, 0.5) is 15.8 Å². The molecule has 0 radical (unpaired) electrons. The number of rotatable bonds is 5. The number of hydrogen-bond acceptors (Lipinski definition) is 4. The van der Waals surface area contributed by atoms with Gasteiger partial charge in [-0.3, -0.25) is 14.5 Å². The van der Waals surface area contributed by atoms with Crippen molar-refractivity contribution in [1.82, 2.24) is 4.90 Å². The third kappa shape index (κ3) is 4.29. The zero-order chi connectivity index (χ0) is 30.0. The molecule has 1 saturated carbocycles. The molecule has 1 spiro atoms. The first-order valence-electron chi connectivity index (χ1n) is 14.7. The molecule has 0 unspecified atom stereocenters. The first-order chi connectivity index (χ1) is 20.7. The number of likely N-dealkylation sites (tertiary alicyclic amines) is 1. The summed E-state index contributed by atoms with van der Waals surface area (Å²) in [5, 5.41) is 12.8. The Bertz CT molecular complexity index is 1640. The summed E-state index contributed by atoms with van der Waals surface area (Å²) in [6, 6.07) is 15.8. The van der Waals surface area contributed by atoms with Gasteiger partial charge in [0.1, 0.15) is 11.4 Å². The zero-order valence-corrected chi connectivity index (χ0v) is 24.7. The molecule has 2 amide bonds. The summed E-state index contributed by atoms with van der Waals surface area (Å²) < 4.78 is 16.1. The summed E-state index contributed by atoms with van der Waals surface area (Å²) in [7, 11) is 0. The van der Waals surface area contributed by atoms with Crippen LogP contribution in [0.15, 0.2) is 60.7 Å². The second kappa shape index (κ2) is 10.6. The van der Waals surface area contributed by atoms with Crippen LogP contribution >= 0.6 is 23.2 Å². The Morgan fingerprint density at radius 2 is 1.77 bits per heavy atom. The number of hydrogen-bond donors (Lipinski definition) is 2. The van der Waals surface area contributed by atoms with E-state index >= 15 is 4.39 Å². The number of carboxylic acid groups (broad SMARTS) is 1. The van der Waals surface area contributed by atoms with E-state index in [1.54, 1.807) is 41.3 Å². The molecule has 10 heteroatoms. The SMILES string of the molecule is O=C(O)c1ccc(N2C[C@@H]3[C@H](C2=O)[C@@H](c2cccc(Cl)c2F)[C@@]2(C(=O)Nc4cc(Cl)ccc42)N3CC2CCCCC2)cc1. The summed E-state index contributed by atoms with van der Waals surface area (Å²) in [5.74, 6) is -3.56. The summed E-state index contributed by atoms with van der Waals surface area (Å²) in [5.41, 5.74) is 0.791. The van der Waals surface area contributed by atoms with E-state index in [2.05, 4.69) is 10.2 Å². The molecule has 4 atom stereocenters. The Balaban J connectivity index is 1.43. The van der Waals surface area contributed by atoms with Crippen LogP contribution in [0.1, 0.15) is 59.5 Å². The van der Waals surface area contributed by atoms with Gasteiger partial charge in [-0.25, -0.2) is 9.18 Å². The van der Waals surface area contributed by atoms with Crippen LogP contribution in [0, 0.1) is 17.7 Å². The fraction of sp³-hybridized carbons (Fsp3) is 0.364. The number of aromatic carboxylic acids is 1. The Kier molecular flexibility index (Phi) is 6.99. The van der Waals surface area contributed by atoms with Gasteiger partial charge in [0.2, 0.25) is 11.8 Å². The normalized spacial score (nSPS) is 27.0. The largest absolute Gasteiger partial charge is 0.478 e. The van der Waals surface area contributed by atoms with Gasteiger partial charge in [0.05, 0.1) is 16.5 Å². The van der Waals surface area contributed by atoms with Gasteiger partial charge in [0.15, 0.2) is 0 Å². The monoisotopic (exact) mass is 621 g/mol. The molecule has 0 aromatic heterocycles. The first kappa shape index (κ1) is 28.3. The van der Waals surface area contributed by atoms with Crippen molar-refractivity contribution in [2.75, 3.05) is 23.3 Å². The van der Waals surface area contributed by atoms with Gasteiger partial charge in [-0.05, 0) is 66.8 Å². The molecular formula is C33H30Cl2FN3O4. The average Bonchev–Trinajstić information content (AvgIpc) is 3.58. The van der Waals surface area contributed by atoms with Crippen molar-refractivity contribution >= 4 is 52.4 Å². The molecule has 3 heterocycles. The minimum absolute atomic E-state index is 0.0729. The number of nitrogens with one attached hydrogen (secondary N) is 1. The summed E-state index contributed by atoms with van der Waals surface area (Å²) in [4.78, 5) is 44.3. The summed E-state index contributed by atoms with van der Waals surface area (Å²) in [6.07, 6.45) is 5.41. The lowest BCUT2D eigenvalue weighted by Crippen LogP contribution is -2.55. The number of amides is 2. The van der Waals surface area contributed by atoms with Gasteiger partial charge in [-0.2, -0.15) is 0 Å². The highest BCUT2D eigenvalue weighted by atomic mass is 35.5. The predicted octanol–water partition coefficient (Wildman–Crippen LogP) is 6.69. The first-order valence-corrected chi connectivity index (χ1v) is 15.4. The Hall–Kier alpha value is -3.46. The molecular weight excluding hydrogens is 592 g/mol. The second-order valence-corrected chi connectivity index (χ2v) is 12.9. The molecule has 43 heavy (non-hydrogen) atoms. The van der Waals surface area contributed by atoms with E-state index in [-0.39, 0.29) is 34.5 Å². The van der Waals surface area contributed by atoms with Crippen LogP contribution in [0.2, 0.25) is 10.0 Å². The maximum atomic E-state index is 16.1. The van der Waals surface area contributed by atoms with E-state index in [0.29, 0.717) is 34.4 Å². The number of carbonyl (C=O) groups excluding carboxylic acids is 2. The van der Waals surface area contributed by atoms with Crippen LogP contribution in [-0.2, 0) is 15.1 Å². The van der Waals surface area contributed by atoms with E-state index < -0.39 is 35.2 Å². The molecule has 3 aromatic carbocycles. The molecule has 222 valence electrons. The highest BCUT2D eigenvalue weighted by molar-refractivity contribution is 6.31. The minimum atomic E-state index is -1.35.